The number of carbonyl (C=O) groups is 8. The molecule has 4 amide bonds. The number of amides is 4. The van der Waals surface area contributed by atoms with Crippen LogP contribution in [0.1, 0.15) is 146 Å². The van der Waals surface area contributed by atoms with Gasteiger partial charge in [0.05, 0.1) is 106 Å². The number of aromatic hydroxyl groups is 6. The number of ether oxygens (including phenoxy) is 8. The SMILES string of the molecule is COC1/C=C\OC2(C)Oc3c(C)c(O)c4c(O)c(c(/C=N/NC(=O)CC(=O)N/N=C\c5c6c(O)c7c(O)c(C)c8c(c7c5O)C(=O)C(C)(O/C=C/C(OC)C(C)C(OC(C)=O)C(C)C(O)C(C)C(O)C(C)/C=C/C=C(\C)C(=O)N6)O8)c(O)c4c3C2=O)NC(=O)/C(C)=C/C=C\C(C)C(O)C(C)C(O)C(C)C(OC(C)=O)C1C. The predicted molar refractivity (Wildman–Crippen MR) is 404 cm³/mol. The summed E-state index contributed by atoms with van der Waals surface area (Å²) in [4.78, 5) is 110. The van der Waals surface area contributed by atoms with E-state index in [9.17, 15) is 89.4 Å². The number of allylic oxidation sites excluding steroid dienone is 4. The minimum atomic E-state index is -2.28. The predicted octanol–water partition coefficient (Wildman–Crippen LogP) is 7.81. The maximum absolute atomic E-state index is 14.8. The summed E-state index contributed by atoms with van der Waals surface area (Å²) in [5.74, 6) is -24.0. The largest absolute Gasteiger partial charge is 0.507 e. The highest BCUT2D eigenvalue weighted by atomic mass is 16.7. The first-order valence-corrected chi connectivity index (χ1v) is 35.8. The summed E-state index contributed by atoms with van der Waals surface area (Å²) in [6.45, 7) is 23.4. The lowest BCUT2D eigenvalue weighted by Gasteiger charge is -2.38. The fourth-order valence-corrected chi connectivity index (χ4v) is 14.3. The molecule has 14 N–H and O–H groups in total. The van der Waals surface area contributed by atoms with Crippen LogP contribution in [0.25, 0.3) is 21.5 Å². The Hall–Kier alpha value is -10.9. The quantitative estimate of drug-likeness (QED) is 0.0180. The number of esters is 2. The van der Waals surface area contributed by atoms with Crippen molar-refractivity contribution in [2.24, 2.45) is 57.5 Å². The number of methoxy groups -OCH3 is 2. The van der Waals surface area contributed by atoms with Crippen LogP contribution in [0.3, 0.4) is 0 Å². The third kappa shape index (κ3) is 17.2. The maximum atomic E-state index is 14.8. The molecule has 18 unspecified atom stereocenters. The Labute approximate surface area is 639 Å². The molecule has 600 valence electrons. The van der Waals surface area contributed by atoms with Crippen molar-refractivity contribution in [2.45, 2.75) is 178 Å². The van der Waals surface area contributed by atoms with E-state index in [-0.39, 0.29) is 33.8 Å². The van der Waals surface area contributed by atoms with Crippen LogP contribution in [0.2, 0.25) is 0 Å². The first-order valence-electron chi connectivity index (χ1n) is 35.8. The topological polar surface area (TPSA) is 486 Å². The van der Waals surface area contributed by atoms with Gasteiger partial charge in [-0.25, -0.2) is 10.9 Å². The number of rotatable bonds is 10. The molecule has 18 atom stereocenters. The highest BCUT2D eigenvalue weighted by Gasteiger charge is 2.52. The number of aliphatic hydroxyl groups excluding tert-OH is 4. The lowest BCUT2D eigenvalue weighted by atomic mass is 9.78. The summed E-state index contributed by atoms with van der Waals surface area (Å²) in [5, 5.41) is 130. The van der Waals surface area contributed by atoms with Crippen molar-refractivity contribution in [1.29, 1.82) is 0 Å². The number of carbonyl (C=O) groups excluding carboxylic acids is 8. The van der Waals surface area contributed by atoms with Gasteiger partial charge < -0.3 is 99.6 Å². The van der Waals surface area contributed by atoms with Crippen molar-refractivity contribution >= 4 is 92.5 Å². The van der Waals surface area contributed by atoms with Gasteiger partial charge in [0.2, 0.25) is 11.8 Å². The smallest absolute Gasteiger partial charge is 0.312 e. The average molecular weight is 1550 g/mol. The lowest BCUT2D eigenvalue weighted by molar-refractivity contribution is -0.161. The van der Waals surface area contributed by atoms with Crippen LogP contribution in [0, 0.1) is 61.2 Å². The molecule has 0 fully saturated rings. The number of aliphatic hydroxyl groups is 4. The zero-order valence-electron chi connectivity index (χ0n) is 64.8. The fourth-order valence-electron chi connectivity index (χ4n) is 14.3. The Bertz CT molecular complexity index is 4350. The Balaban J connectivity index is 1.15. The number of hydrogen-bond donors (Lipinski definition) is 14. The van der Waals surface area contributed by atoms with E-state index in [1.54, 1.807) is 67.5 Å². The molecule has 4 aromatic carbocycles. The molecule has 0 saturated heterocycles. The number of hydrazone groups is 2. The molecule has 10 bridgehead atoms. The van der Waals surface area contributed by atoms with Gasteiger partial charge in [-0.3, -0.25) is 38.4 Å². The summed E-state index contributed by atoms with van der Waals surface area (Å²) >= 11 is 0. The van der Waals surface area contributed by atoms with Gasteiger partial charge in [0.15, 0.2) is 11.5 Å². The number of ketones is 2. The molecule has 6 aliphatic heterocycles. The first kappa shape index (κ1) is 85.7. The number of hydrogen-bond acceptors (Lipinski definition) is 28. The average Bonchev–Trinajstić information content (AvgIpc) is 1.62. The van der Waals surface area contributed by atoms with E-state index in [1.165, 1.54) is 106 Å². The lowest BCUT2D eigenvalue weighted by Crippen LogP contribution is -2.46. The van der Waals surface area contributed by atoms with Crippen LogP contribution in [0.5, 0.6) is 46.0 Å². The summed E-state index contributed by atoms with van der Waals surface area (Å²) < 4.78 is 47.3. The van der Waals surface area contributed by atoms with Crippen LogP contribution >= 0.6 is 0 Å². The minimum absolute atomic E-state index is 0.0502. The van der Waals surface area contributed by atoms with Crippen molar-refractivity contribution in [3.05, 3.63) is 106 Å². The van der Waals surface area contributed by atoms with E-state index in [0.29, 0.717) is 0 Å². The van der Waals surface area contributed by atoms with Gasteiger partial charge in [-0.2, -0.15) is 10.2 Å². The molecule has 111 heavy (non-hydrogen) atoms. The summed E-state index contributed by atoms with van der Waals surface area (Å²) in [7, 11) is 2.72. The zero-order chi connectivity index (χ0) is 82.6. The number of anilines is 2. The van der Waals surface area contributed by atoms with Crippen molar-refractivity contribution in [3.63, 3.8) is 0 Å². The second kappa shape index (κ2) is 34.6. The molecule has 0 radical (unpaired) electrons. The highest BCUT2D eigenvalue weighted by Crippen LogP contribution is 2.57. The molecular weight excluding hydrogens is 1450 g/mol. The second-order valence-electron chi connectivity index (χ2n) is 29.0. The molecule has 0 spiro atoms. The third-order valence-electron chi connectivity index (χ3n) is 21.2. The fraction of sp³-hybridized carbons (Fsp3) is 0.468. The van der Waals surface area contributed by atoms with Gasteiger partial charge in [-0.1, -0.05) is 91.8 Å². The normalized spacial score (nSPS) is 31.3. The molecule has 0 aromatic heterocycles. The number of nitrogens with one attached hydrogen (secondary N) is 4. The van der Waals surface area contributed by atoms with Crippen LogP contribution in [0.4, 0.5) is 11.4 Å². The first-order chi connectivity index (χ1) is 52.0. The number of benzene rings is 4. The third-order valence-corrected chi connectivity index (χ3v) is 21.2. The second-order valence-corrected chi connectivity index (χ2v) is 29.0. The number of phenols is 6. The van der Waals surface area contributed by atoms with Crippen molar-refractivity contribution < 1.29 is 127 Å². The molecule has 4 aromatic rings. The van der Waals surface area contributed by atoms with E-state index >= 15 is 0 Å². The molecule has 0 saturated carbocycles. The molecule has 32 nitrogen and oxygen atoms in total. The number of Topliss-reactive ketones (excluding diaryl/α,β-unsaturated/α-hetero) is 2. The van der Waals surface area contributed by atoms with E-state index in [4.69, 9.17) is 37.9 Å². The van der Waals surface area contributed by atoms with Crippen molar-refractivity contribution in [2.75, 3.05) is 24.9 Å². The molecular formula is C79H98N6O26. The van der Waals surface area contributed by atoms with Gasteiger partial charge in [0.1, 0.15) is 53.1 Å². The van der Waals surface area contributed by atoms with Crippen LogP contribution in [0.15, 0.2) is 82.5 Å². The molecule has 32 heteroatoms. The highest BCUT2D eigenvalue weighted by molar-refractivity contribution is 6.25. The number of fused-ring (bicyclic) bond motifs is 28. The molecule has 6 heterocycles. The zero-order valence-corrected chi connectivity index (χ0v) is 64.8. The monoisotopic (exact) mass is 1550 g/mol. The Kier molecular flexibility index (Phi) is 26.7. The molecule has 6 aliphatic rings. The van der Waals surface area contributed by atoms with E-state index < -0.39 is 251 Å². The summed E-state index contributed by atoms with van der Waals surface area (Å²) in [5.41, 5.74) is 0.432. The Morgan fingerprint density at radius 3 is 1.16 bits per heavy atom. The Morgan fingerprint density at radius 2 is 0.838 bits per heavy atom. The van der Waals surface area contributed by atoms with Crippen molar-refractivity contribution in [1.82, 2.24) is 10.9 Å². The van der Waals surface area contributed by atoms with E-state index in [2.05, 4.69) is 31.7 Å². The number of nitrogens with zero attached hydrogens (tertiary/aromatic N) is 2. The van der Waals surface area contributed by atoms with Gasteiger partial charge in [0, 0.05) is 122 Å². The molecule has 0 aliphatic carbocycles. The summed E-state index contributed by atoms with van der Waals surface area (Å²) in [6.07, 6.45) is 5.13. The van der Waals surface area contributed by atoms with Crippen LogP contribution < -0.4 is 31.0 Å². The van der Waals surface area contributed by atoms with E-state index in [1.807, 2.05) is 0 Å². The number of phenolic OH excluding ortho intramolecular Hbond substituents is 6. The maximum Gasteiger partial charge on any atom is 0.312 e. The minimum Gasteiger partial charge on any atom is -0.507 e. The van der Waals surface area contributed by atoms with Gasteiger partial charge >= 0.3 is 23.5 Å². The standard InChI is InChI=1S/C79H98N6O26/c1-32-21-19-23-34(3)76(102)82-58-46(66(96)52-54(68(58)98)64(94)42(11)72-56(52)74(100)78(15,110-72)106-27-25-48(104-17)36(5)70(108-44(13)86)40(9)62(92)38(7)60(32)90)30-80-84-50(88)29-51(89)85-81-31-47-59-69(99)55-53(67(47)97)57-73(43(12)65(55)95)111-79(16,75(57)101)107-28-26-49(105-18)37(6)71(109-45(14)87)41(10)63(93)39(8)61(91)33(2)22-20-24-35(4)77(103)83-59/h19-28,30-33,36-41,48-49,60-63,70-71,90-99H,29H2,1-18H3,(H,82,102)(H,83,103)(H,84,88)(H,85,89)/b21-19-,22-20+,27-25-,28-26+,34-23+,35-24+,80-30+,81-31-. The Morgan fingerprint density at radius 1 is 0.495 bits per heavy atom. The van der Waals surface area contributed by atoms with Crippen molar-refractivity contribution in [3.8, 4) is 46.0 Å². The van der Waals surface area contributed by atoms with Crippen LogP contribution in [-0.2, 0) is 57.2 Å². The summed E-state index contributed by atoms with van der Waals surface area (Å²) in [6, 6.07) is 0. The van der Waals surface area contributed by atoms with Gasteiger partial charge in [-0.15, -0.1) is 0 Å². The van der Waals surface area contributed by atoms with E-state index in [0.717, 1.165) is 25.0 Å². The van der Waals surface area contributed by atoms with Crippen LogP contribution in [-0.4, -0.2) is 185 Å². The van der Waals surface area contributed by atoms with Gasteiger partial charge in [0.25, 0.3) is 23.4 Å². The molecule has 10 rings (SSSR count). The van der Waals surface area contributed by atoms with Gasteiger partial charge in [-0.05, 0) is 39.8 Å².